The van der Waals surface area contributed by atoms with Crippen molar-refractivity contribution in [3.63, 3.8) is 0 Å². The summed E-state index contributed by atoms with van der Waals surface area (Å²) >= 11 is 0. The van der Waals surface area contributed by atoms with Crippen LogP contribution in [0.2, 0.25) is 0 Å². The van der Waals surface area contributed by atoms with E-state index in [9.17, 15) is 9.59 Å². The highest BCUT2D eigenvalue weighted by Gasteiger charge is 2.12. The first kappa shape index (κ1) is 19.9. The molecule has 0 aliphatic carbocycles. The van der Waals surface area contributed by atoms with E-state index >= 15 is 0 Å². The largest absolute Gasteiger partial charge is 0.497 e. The number of methoxy groups -OCH3 is 1. The van der Waals surface area contributed by atoms with E-state index in [-0.39, 0.29) is 18.9 Å². The fourth-order valence-corrected chi connectivity index (χ4v) is 2.71. The van der Waals surface area contributed by atoms with Crippen LogP contribution in [0, 0.1) is 0 Å². The third-order valence-corrected chi connectivity index (χ3v) is 4.24. The lowest BCUT2D eigenvalue weighted by Crippen LogP contribution is -2.42. The lowest BCUT2D eigenvalue weighted by molar-refractivity contribution is -0.121. The normalized spacial score (nSPS) is 10.1. The Morgan fingerprint density at radius 1 is 0.793 bits per heavy atom. The minimum atomic E-state index is -0.402. The minimum absolute atomic E-state index is 0.142. The molecule has 0 radical (unpaired) electrons. The van der Waals surface area contributed by atoms with E-state index < -0.39 is 5.91 Å². The molecule has 6 nitrogen and oxygen atoms in total. The molecule has 148 valence electrons. The van der Waals surface area contributed by atoms with Gasteiger partial charge < -0.3 is 9.47 Å². The van der Waals surface area contributed by atoms with Gasteiger partial charge in [0.25, 0.3) is 5.91 Å². The second kappa shape index (κ2) is 9.94. The number of carbonyl (C=O) groups excluding carboxylic acids is 2. The number of benzene rings is 3. The number of hydrogen-bond donors (Lipinski definition) is 2. The van der Waals surface area contributed by atoms with Gasteiger partial charge in [-0.05, 0) is 35.9 Å². The zero-order valence-electron chi connectivity index (χ0n) is 16.1. The summed E-state index contributed by atoms with van der Waals surface area (Å²) in [6.07, 6.45) is 0.142. The smallest absolute Gasteiger partial charge is 0.270 e. The van der Waals surface area contributed by atoms with Gasteiger partial charge in [-0.15, -0.1) is 0 Å². The second-order valence-corrected chi connectivity index (χ2v) is 6.29. The molecule has 2 amide bonds. The Morgan fingerprint density at radius 2 is 1.48 bits per heavy atom. The Kier molecular flexibility index (Phi) is 6.84. The Bertz CT molecular complexity index is 956. The molecule has 0 fully saturated rings. The summed E-state index contributed by atoms with van der Waals surface area (Å²) in [7, 11) is 1.58. The first-order valence-electron chi connectivity index (χ1n) is 9.13. The zero-order chi connectivity index (χ0) is 20.5. The molecule has 6 heteroatoms. The quantitative estimate of drug-likeness (QED) is 0.607. The zero-order valence-corrected chi connectivity index (χ0v) is 16.1. The number of para-hydroxylation sites is 1. The predicted octanol–water partition coefficient (Wildman–Crippen LogP) is 3.28. The first-order chi connectivity index (χ1) is 14.2. The molecule has 0 bridgehead atoms. The molecule has 0 spiro atoms. The van der Waals surface area contributed by atoms with Crippen LogP contribution in [0.5, 0.6) is 11.5 Å². The van der Waals surface area contributed by atoms with Crippen LogP contribution in [0.25, 0.3) is 0 Å². The third kappa shape index (κ3) is 5.84. The third-order valence-electron chi connectivity index (χ3n) is 4.24. The van der Waals surface area contributed by atoms with Crippen LogP contribution in [0.4, 0.5) is 0 Å². The van der Waals surface area contributed by atoms with Crippen molar-refractivity contribution in [1.82, 2.24) is 10.9 Å². The average molecular weight is 390 g/mol. The van der Waals surface area contributed by atoms with E-state index in [1.165, 1.54) is 0 Å². The van der Waals surface area contributed by atoms with E-state index in [2.05, 4.69) is 10.9 Å². The van der Waals surface area contributed by atoms with E-state index in [0.717, 1.165) is 22.6 Å². The molecule has 29 heavy (non-hydrogen) atoms. The highest BCUT2D eigenvalue weighted by atomic mass is 16.5. The number of hydrazine groups is 1. The summed E-state index contributed by atoms with van der Waals surface area (Å²) < 4.78 is 10.8. The van der Waals surface area contributed by atoms with Gasteiger partial charge in [-0.3, -0.25) is 20.4 Å². The van der Waals surface area contributed by atoms with Gasteiger partial charge in [-0.25, -0.2) is 0 Å². The Morgan fingerprint density at radius 3 is 2.21 bits per heavy atom. The molecule has 0 atom stereocenters. The van der Waals surface area contributed by atoms with E-state index in [1.807, 2.05) is 42.5 Å². The Labute approximate surface area is 169 Å². The van der Waals surface area contributed by atoms with Crippen molar-refractivity contribution in [3.05, 3.63) is 95.6 Å². The van der Waals surface area contributed by atoms with E-state index in [0.29, 0.717) is 5.56 Å². The van der Waals surface area contributed by atoms with Crippen molar-refractivity contribution in [2.45, 2.75) is 13.0 Å². The average Bonchev–Trinajstić information content (AvgIpc) is 2.77. The molecule has 3 aromatic rings. The molecule has 3 rings (SSSR count). The summed E-state index contributed by atoms with van der Waals surface area (Å²) in [5.41, 5.74) is 6.88. The number of rotatable bonds is 7. The fraction of sp³-hybridized carbons (Fsp3) is 0.130. The maximum atomic E-state index is 12.5. The van der Waals surface area contributed by atoms with Crippen molar-refractivity contribution >= 4 is 11.8 Å². The monoisotopic (exact) mass is 390 g/mol. The molecular formula is C23H22N2O4. The topological polar surface area (TPSA) is 76.7 Å². The Balaban J connectivity index is 1.55. The first-order valence-corrected chi connectivity index (χ1v) is 9.13. The van der Waals surface area contributed by atoms with Gasteiger partial charge in [0.1, 0.15) is 18.1 Å². The minimum Gasteiger partial charge on any atom is -0.497 e. The maximum Gasteiger partial charge on any atom is 0.270 e. The fourth-order valence-electron chi connectivity index (χ4n) is 2.71. The van der Waals surface area contributed by atoms with E-state index in [1.54, 1.807) is 43.5 Å². The molecule has 3 aromatic carbocycles. The van der Waals surface area contributed by atoms with Crippen LogP contribution in [0.1, 0.15) is 21.5 Å². The molecule has 2 N–H and O–H groups in total. The van der Waals surface area contributed by atoms with Crippen LogP contribution in [-0.4, -0.2) is 18.9 Å². The highest BCUT2D eigenvalue weighted by Crippen LogP contribution is 2.15. The molecule has 0 heterocycles. The number of ether oxygens (including phenoxy) is 2. The summed E-state index contributed by atoms with van der Waals surface area (Å²) in [4.78, 5) is 24.6. The number of nitrogens with one attached hydrogen (secondary N) is 2. The summed E-state index contributed by atoms with van der Waals surface area (Å²) in [6, 6.07) is 23.6. The predicted molar refractivity (Wildman–Crippen MR) is 110 cm³/mol. The van der Waals surface area contributed by atoms with Gasteiger partial charge in [0.05, 0.1) is 13.5 Å². The second-order valence-electron chi connectivity index (χ2n) is 6.29. The van der Waals surface area contributed by atoms with Gasteiger partial charge in [-0.1, -0.05) is 48.5 Å². The van der Waals surface area contributed by atoms with Crippen LogP contribution in [0.15, 0.2) is 78.9 Å². The number of amides is 2. The summed E-state index contributed by atoms with van der Waals surface area (Å²) in [5, 5.41) is 0. The summed E-state index contributed by atoms with van der Waals surface area (Å²) in [5.74, 6) is 0.717. The van der Waals surface area contributed by atoms with Crippen molar-refractivity contribution < 1.29 is 19.1 Å². The number of hydrogen-bond acceptors (Lipinski definition) is 4. The molecule has 0 aliphatic heterocycles. The molecule has 0 saturated carbocycles. The van der Waals surface area contributed by atoms with Crippen molar-refractivity contribution in [1.29, 1.82) is 0 Å². The van der Waals surface area contributed by atoms with Crippen LogP contribution >= 0.6 is 0 Å². The van der Waals surface area contributed by atoms with Gasteiger partial charge in [0.15, 0.2) is 0 Å². The van der Waals surface area contributed by atoms with Gasteiger partial charge in [0.2, 0.25) is 5.91 Å². The van der Waals surface area contributed by atoms with Crippen LogP contribution < -0.4 is 20.3 Å². The molecule has 0 aromatic heterocycles. The van der Waals surface area contributed by atoms with E-state index in [4.69, 9.17) is 9.47 Å². The number of carbonyl (C=O) groups is 2. The van der Waals surface area contributed by atoms with Crippen LogP contribution in [0.3, 0.4) is 0 Å². The van der Waals surface area contributed by atoms with Crippen molar-refractivity contribution in [3.8, 4) is 11.5 Å². The van der Waals surface area contributed by atoms with Crippen molar-refractivity contribution in [2.24, 2.45) is 0 Å². The van der Waals surface area contributed by atoms with Crippen LogP contribution in [-0.2, 0) is 17.8 Å². The highest BCUT2D eigenvalue weighted by molar-refractivity contribution is 5.96. The van der Waals surface area contributed by atoms with Crippen molar-refractivity contribution in [2.75, 3.05) is 7.11 Å². The molecule has 0 aliphatic rings. The summed E-state index contributed by atoms with van der Waals surface area (Å²) in [6.45, 7) is 0.243. The lowest BCUT2D eigenvalue weighted by Gasteiger charge is -2.12. The van der Waals surface area contributed by atoms with Gasteiger partial charge >= 0.3 is 0 Å². The molecule has 0 saturated heterocycles. The lowest BCUT2D eigenvalue weighted by atomic mass is 10.1. The SMILES string of the molecule is COc1ccc(CC(=O)NNC(=O)c2ccccc2COc2ccccc2)cc1. The standard InChI is InChI=1S/C23H22N2O4/c1-28-19-13-11-17(12-14-19)15-22(26)24-25-23(27)21-10-6-5-7-18(21)16-29-20-8-3-2-4-9-20/h2-14H,15-16H2,1H3,(H,24,26)(H,25,27). The Hall–Kier alpha value is -3.80. The van der Waals surface area contributed by atoms with Gasteiger partial charge in [-0.2, -0.15) is 0 Å². The maximum absolute atomic E-state index is 12.5. The molecule has 0 unspecified atom stereocenters. The molecular weight excluding hydrogens is 368 g/mol. The van der Waals surface area contributed by atoms with Gasteiger partial charge in [0, 0.05) is 11.1 Å².